The van der Waals surface area contributed by atoms with Crippen molar-refractivity contribution in [2.75, 3.05) is 6.54 Å². The van der Waals surface area contributed by atoms with Gasteiger partial charge in [0.2, 0.25) is 5.91 Å². The molecule has 1 aliphatic rings. The minimum atomic E-state index is -0.393. The zero-order chi connectivity index (χ0) is 16.8. The van der Waals surface area contributed by atoms with E-state index in [0.717, 1.165) is 19.3 Å². The van der Waals surface area contributed by atoms with E-state index in [-0.39, 0.29) is 18.0 Å². The lowest BCUT2D eigenvalue weighted by Gasteiger charge is -2.14. The maximum Gasteiger partial charge on any atom is 0.269 e. The first-order valence-corrected chi connectivity index (χ1v) is 8.08. The zero-order valence-electron chi connectivity index (χ0n) is 13.8. The van der Waals surface area contributed by atoms with Gasteiger partial charge in [0.1, 0.15) is 18.2 Å². The lowest BCUT2D eigenvalue weighted by molar-refractivity contribution is -0.121. The first-order chi connectivity index (χ1) is 11.0. The fourth-order valence-electron chi connectivity index (χ4n) is 2.95. The molecule has 1 aromatic heterocycles. The molecular weight excluding hydrogens is 290 g/mol. The quantitative estimate of drug-likeness (QED) is 0.848. The molecule has 0 atom stereocenters. The molecule has 0 saturated heterocycles. The maximum absolute atomic E-state index is 12.2. The number of hydrogen-bond acceptors (Lipinski definition) is 3. The SMILES string of the molecule is Cc1cc(C)n(CC(=O)NCCC2=CCCCC2)c(=O)c1C#N. The topological polar surface area (TPSA) is 74.9 Å². The number of aryl methyl sites for hydroxylation is 2. The summed E-state index contributed by atoms with van der Waals surface area (Å²) in [6, 6.07) is 3.68. The van der Waals surface area contributed by atoms with Crippen molar-refractivity contribution in [1.29, 1.82) is 5.26 Å². The average molecular weight is 313 g/mol. The average Bonchev–Trinajstić information content (AvgIpc) is 2.53. The molecule has 0 radical (unpaired) electrons. The van der Waals surface area contributed by atoms with Crippen molar-refractivity contribution in [3.05, 3.63) is 44.9 Å². The third-order valence-corrected chi connectivity index (χ3v) is 4.27. The summed E-state index contributed by atoms with van der Waals surface area (Å²) in [7, 11) is 0. The second-order valence-electron chi connectivity index (χ2n) is 6.05. The van der Waals surface area contributed by atoms with Crippen LogP contribution in [0.15, 0.2) is 22.5 Å². The molecule has 0 bridgehead atoms. The Balaban J connectivity index is 1.97. The number of nitriles is 1. The molecule has 0 unspecified atom stereocenters. The predicted octanol–water partition coefficient (Wildman–Crippen LogP) is 2.34. The Kier molecular flexibility index (Phi) is 5.75. The molecule has 0 spiro atoms. The first kappa shape index (κ1) is 17.0. The van der Waals surface area contributed by atoms with Crippen LogP contribution in [0.2, 0.25) is 0 Å². The molecule has 1 N–H and O–H groups in total. The molecular formula is C18H23N3O2. The number of nitrogens with zero attached hydrogens (tertiary/aromatic N) is 2. The highest BCUT2D eigenvalue weighted by atomic mass is 16.2. The fraction of sp³-hybridized carbons (Fsp3) is 0.500. The molecule has 0 aliphatic heterocycles. The number of nitrogens with one attached hydrogen (secondary N) is 1. The van der Waals surface area contributed by atoms with Crippen molar-refractivity contribution in [3.8, 4) is 6.07 Å². The first-order valence-electron chi connectivity index (χ1n) is 8.08. The Morgan fingerprint density at radius 3 is 2.83 bits per heavy atom. The van der Waals surface area contributed by atoms with E-state index in [9.17, 15) is 9.59 Å². The van der Waals surface area contributed by atoms with Gasteiger partial charge in [-0.1, -0.05) is 11.6 Å². The number of carbonyl (C=O) groups is 1. The highest BCUT2D eigenvalue weighted by Crippen LogP contribution is 2.19. The summed E-state index contributed by atoms with van der Waals surface area (Å²) in [5, 5.41) is 11.9. The van der Waals surface area contributed by atoms with E-state index >= 15 is 0 Å². The highest BCUT2D eigenvalue weighted by Gasteiger charge is 2.13. The number of hydrogen-bond donors (Lipinski definition) is 1. The molecule has 1 heterocycles. The Morgan fingerprint density at radius 2 is 2.17 bits per heavy atom. The highest BCUT2D eigenvalue weighted by molar-refractivity contribution is 5.75. The van der Waals surface area contributed by atoms with Crippen molar-refractivity contribution >= 4 is 5.91 Å². The summed E-state index contributed by atoms with van der Waals surface area (Å²) < 4.78 is 1.36. The normalized spacial score (nSPS) is 14.0. The molecule has 5 nitrogen and oxygen atoms in total. The molecule has 1 aliphatic carbocycles. The number of pyridine rings is 1. The van der Waals surface area contributed by atoms with Crippen molar-refractivity contribution in [1.82, 2.24) is 9.88 Å². The van der Waals surface area contributed by atoms with E-state index in [4.69, 9.17) is 5.26 Å². The third kappa shape index (κ3) is 4.32. The molecule has 5 heteroatoms. The summed E-state index contributed by atoms with van der Waals surface area (Å²) >= 11 is 0. The molecule has 122 valence electrons. The molecule has 0 aromatic carbocycles. The molecule has 0 fully saturated rings. The maximum atomic E-state index is 12.2. The van der Waals surface area contributed by atoms with Crippen LogP contribution in [-0.2, 0) is 11.3 Å². The minimum Gasteiger partial charge on any atom is -0.354 e. The van der Waals surface area contributed by atoms with E-state index in [1.165, 1.54) is 23.0 Å². The van der Waals surface area contributed by atoms with Crippen LogP contribution in [0.1, 0.15) is 48.9 Å². The largest absolute Gasteiger partial charge is 0.354 e. The summed E-state index contributed by atoms with van der Waals surface area (Å²) in [4.78, 5) is 24.3. The van der Waals surface area contributed by atoms with Crippen LogP contribution in [0.4, 0.5) is 0 Å². The second-order valence-corrected chi connectivity index (χ2v) is 6.05. The van der Waals surface area contributed by atoms with Gasteiger partial charge in [0.25, 0.3) is 5.56 Å². The number of amides is 1. The molecule has 1 amide bonds. The fourth-order valence-corrected chi connectivity index (χ4v) is 2.95. The Labute approximate surface area is 136 Å². The van der Waals surface area contributed by atoms with Crippen molar-refractivity contribution in [2.45, 2.75) is 52.5 Å². The van der Waals surface area contributed by atoms with Crippen LogP contribution in [0, 0.1) is 25.2 Å². The van der Waals surface area contributed by atoms with E-state index in [1.807, 2.05) is 6.07 Å². The van der Waals surface area contributed by atoms with Gasteiger partial charge in [-0.25, -0.2) is 0 Å². The lowest BCUT2D eigenvalue weighted by Crippen LogP contribution is -2.35. The van der Waals surface area contributed by atoms with Crippen LogP contribution in [0.5, 0.6) is 0 Å². The van der Waals surface area contributed by atoms with E-state index < -0.39 is 5.56 Å². The summed E-state index contributed by atoms with van der Waals surface area (Å²) in [5.41, 5.74) is 2.46. The van der Waals surface area contributed by atoms with Crippen LogP contribution in [0.3, 0.4) is 0 Å². The summed E-state index contributed by atoms with van der Waals surface area (Å²) in [6.45, 7) is 4.05. The third-order valence-electron chi connectivity index (χ3n) is 4.27. The van der Waals surface area contributed by atoms with Gasteiger partial charge in [0.05, 0.1) is 0 Å². The summed E-state index contributed by atoms with van der Waals surface area (Å²) in [5.74, 6) is -0.195. The van der Waals surface area contributed by atoms with Crippen LogP contribution < -0.4 is 10.9 Å². The zero-order valence-corrected chi connectivity index (χ0v) is 13.8. The van der Waals surface area contributed by atoms with Crippen LogP contribution >= 0.6 is 0 Å². The molecule has 0 saturated carbocycles. The van der Waals surface area contributed by atoms with Gasteiger partial charge in [-0.05, 0) is 57.6 Å². The predicted molar refractivity (Wildman–Crippen MR) is 89.1 cm³/mol. The minimum absolute atomic E-state index is 0.0430. The van der Waals surface area contributed by atoms with Crippen LogP contribution in [0.25, 0.3) is 0 Å². The number of rotatable bonds is 5. The van der Waals surface area contributed by atoms with Gasteiger partial charge in [0, 0.05) is 12.2 Å². The number of aromatic nitrogens is 1. The molecule has 2 rings (SSSR count). The van der Waals surface area contributed by atoms with Gasteiger partial charge >= 0.3 is 0 Å². The van der Waals surface area contributed by atoms with Gasteiger partial charge in [0.15, 0.2) is 0 Å². The molecule has 23 heavy (non-hydrogen) atoms. The Morgan fingerprint density at radius 1 is 1.39 bits per heavy atom. The van der Waals surface area contributed by atoms with Gasteiger partial charge < -0.3 is 9.88 Å². The van der Waals surface area contributed by atoms with Gasteiger partial charge in [-0.2, -0.15) is 5.26 Å². The second kappa shape index (κ2) is 7.77. The lowest BCUT2D eigenvalue weighted by atomic mass is 9.97. The van der Waals surface area contributed by atoms with Gasteiger partial charge in [-0.15, -0.1) is 0 Å². The van der Waals surface area contributed by atoms with E-state index in [1.54, 1.807) is 19.9 Å². The number of allylic oxidation sites excluding steroid dienone is 1. The Hall–Kier alpha value is -2.35. The van der Waals surface area contributed by atoms with Gasteiger partial charge in [-0.3, -0.25) is 9.59 Å². The summed E-state index contributed by atoms with van der Waals surface area (Å²) in [6.07, 6.45) is 7.89. The monoisotopic (exact) mass is 313 g/mol. The van der Waals surface area contributed by atoms with Crippen LogP contribution in [-0.4, -0.2) is 17.0 Å². The Bertz CT molecular complexity index is 723. The number of carbonyl (C=O) groups excluding carboxylic acids is 1. The van der Waals surface area contributed by atoms with Crippen molar-refractivity contribution < 1.29 is 4.79 Å². The molecule has 1 aromatic rings. The van der Waals surface area contributed by atoms with Crippen molar-refractivity contribution in [3.63, 3.8) is 0 Å². The van der Waals surface area contributed by atoms with E-state index in [0.29, 0.717) is 17.8 Å². The van der Waals surface area contributed by atoms with Crippen molar-refractivity contribution in [2.24, 2.45) is 0 Å². The van der Waals surface area contributed by atoms with E-state index in [2.05, 4.69) is 11.4 Å². The smallest absolute Gasteiger partial charge is 0.269 e. The standard InChI is InChI=1S/C18H23N3O2/c1-13-10-14(2)21(18(23)16(13)11-19)12-17(22)20-9-8-15-6-4-3-5-7-15/h6,10H,3-5,7-9,12H2,1-2H3,(H,20,22).